The van der Waals surface area contributed by atoms with E-state index in [-0.39, 0.29) is 5.56 Å². The molecule has 3 rings (SSSR count). The lowest BCUT2D eigenvalue weighted by Gasteiger charge is -2.06. The zero-order chi connectivity index (χ0) is 12.9. The molecule has 0 radical (unpaired) electrons. The Hall–Kier alpha value is -2.63. The van der Waals surface area contributed by atoms with E-state index in [1.807, 2.05) is 11.3 Å². The fraction of sp³-hybridized carbons (Fsp3) is 0.0833. The molecule has 2 heterocycles. The second-order valence-electron chi connectivity index (χ2n) is 4.03. The van der Waals surface area contributed by atoms with Crippen molar-refractivity contribution >= 4 is 28.3 Å². The molecular formula is C12H10N4O2. The number of nitrogen functional groups attached to an aromatic ring is 1. The number of rotatable bonds is 1. The molecule has 1 aromatic carbocycles. The number of nitrogens with two attached hydrogens (primary N) is 1. The molecule has 6 nitrogen and oxygen atoms in total. The van der Waals surface area contributed by atoms with Gasteiger partial charge in [0.2, 0.25) is 0 Å². The topological polar surface area (TPSA) is 93.5 Å². The van der Waals surface area contributed by atoms with Gasteiger partial charge >= 0.3 is 5.97 Å². The first-order valence-corrected chi connectivity index (χ1v) is 5.34. The van der Waals surface area contributed by atoms with Crippen LogP contribution in [0, 0.1) is 6.92 Å². The number of carboxylic acids is 1. The second kappa shape index (κ2) is 3.43. The van der Waals surface area contributed by atoms with Crippen molar-refractivity contribution in [3.05, 3.63) is 35.8 Å². The summed E-state index contributed by atoms with van der Waals surface area (Å²) in [6.07, 6.45) is 1.63. The molecule has 0 atom stereocenters. The molecule has 0 bridgehead atoms. The molecule has 6 heteroatoms. The van der Waals surface area contributed by atoms with Crippen LogP contribution in [0.5, 0.6) is 0 Å². The zero-order valence-electron chi connectivity index (χ0n) is 9.58. The van der Waals surface area contributed by atoms with Crippen molar-refractivity contribution in [2.24, 2.45) is 0 Å². The van der Waals surface area contributed by atoms with E-state index < -0.39 is 5.97 Å². The van der Waals surface area contributed by atoms with E-state index in [9.17, 15) is 4.79 Å². The molecular weight excluding hydrogens is 232 g/mol. The maximum Gasteiger partial charge on any atom is 0.335 e. The van der Waals surface area contributed by atoms with E-state index in [0.717, 1.165) is 5.82 Å². The third kappa shape index (κ3) is 1.32. The van der Waals surface area contributed by atoms with Gasteiger partial charge in [-0.25, -0.2) is 14.8 Å². The molecule has 2 aromatic heterocycles. The quantitative estimate of drug-likeness (QED) is 0.674. The summed E-state index contributed by atoms with van der Waals surface area (Å²) in [4.78, 5) is 19.4. The Morgan fingerprint density at radius 1 is 1.39 bits per heavy atom. The van der Waals surface area contributed by atoms with Crippen LogP contribution in [0.3, 0.4) is 0 Å². The molecule has 90 valence electrons. The highest BCUT2D eigenvalue weighted by Crippen LogP contribution is 2.22. The number of aromatic carboxylic acids is 1. The summed E-state index contributed by atoms with van der Waals surface area (Å²) < 4.78 is 1.81. The number of carbonyl (C=O) groups is 1. The van der Waals surface area contributed by atoms with Crippen LogP contribution in [0.15, 0.2) is 24.4 Å². The maximum atomic E-state index is 11.0. The third-order valence-electron chi connectivity index (χ3n) is 2.90. The van der Waals surface area contributed by atoms with Gasteiger partial charge in [0.25, 0.3) is 0 Å². The molecule has 0 aliphatic carbocycles. The lowest BCUT2D eigenvalue weighted by molar-refractivity contribution is 0.0697. The van der Waals surface area contributed by atoms with Crippen molar-refractivity contribution in [3.8, 4) is 0 Å². The van der Waals surface area contributed by atoms with Crippen molar-refractivity contribution in [1.82, 2.24) is 14.4 Å². The van der Waals surface area contributed by atoms with Gasteiger partial charge in [0, 0.05) is 0 Å². The number of imidazole rings is 1. The van der Waals surface area contributed by atoms with Crippen LogP contribution in [0.25, 0.3) is 16.6 Å². The van der Waals surface area contributed by atoms with Crippen LogP contribution in [0.2, 0.25) is 0 Å². The molecule has 0 aliphatic heterocycles. The summed E-state index contributed by atoms with van der Waals surface area (Å²) >= 11 is 0. The highest BCUT2D eigenvalue weighted by atomic mass is 16.4. The number of carboxylic acid groups (broad SMARTS) is 1. The Morgan fingerprint density at radius 3 is 2.89 bits per heavy atom. The Labute approximate surface area is 102 Å². The number of benzene rings is 1. The predicted molar refractivity (Wildman–Crippen MR) is 66.6 cm³/mol. The standard InChI is InChI=1S/C12H10N4O2/c1-6-14-5-10-11(13)15-8-3-2-7(12(17)18)4-9(8)16(6)10/h2-5H,1H3,(H2,13,15)(H,17,18). The summed E-state index contributed by atoms with van der Waals surface area (Å²) in [5, 5.41) is 9.02. The van der Waals surface area contributed by atoms with Crippen LogP contribution < -0.4 is 5.73 Å². The number of aromatic nitrogens is 3. The van der Waals surface area contributed by atoms with Crippen molar-refractivity contribution in [3.63, 3.8) is 0 Å². The molecule has 0 spiro atoms. The van der Waals surface area contributed by atoms with Gasteiger partial charge in [0.05, 0.1) is 22.8 Å². The monoisotopic (exact) mass is 242 g/mol. The van der Waals surface area contributed by atoms with Gasteiger partial charge in [-0.2, -0.15) is 0 Å². The average Bonchev–Trinajstić information content (AvgIpc) is 2.72. The number of nitrogens with zero attached hydrogens (tertiary/aromatic N) is 3. The number of fused-ring (bicyclic) bond motifs is 3. The Balaban J connectivity index is 2.53. The summed E-state index contributed by atoms with van der Waals surface area (Å²) in [6.45, 7) is 1.83. The van der Waals surface area contributed by atoms with E-state index in [0.29, 0.717) is 22.4 Å². The highest BCUT2D eigenvalue weighted by Gasteiger charge is 2.11. The van der Waals surface area contributed by atoms with Gasteiger partial charge in [0.15, 0.2) is 0 Å². The lowest BCUT2D eigenvalue weighted by Crippen LogP contribution is -2.02. The van der Waals surface area contributed by atoms with Gasteiger partial charge in [-0.05, 0) is 25.1 Å². The van der Waals surface area contributed by atoms with Crippen molar-refractivity contribution < 1.29 is 9.90 Å². The number of aryl methyl sites for hydroxylation is 1. The maximum absolute atomic E-state index is 11.0. The van der Waals surface area contributed by atoms with Gasteiger partial charge in [-0.15, -0.1) is 0 Å². The van der Waals surface area contributed by atoms with E-state index in [1.54, 1.807) is 18.3 Å². The minimum Gasteiger partial charge on any atom is -0.478 e. The van der Waals surface area contributed by atoms with Gasteiger partial charge in [-0.3, -0.25) is 4.40 Å². The molecule has 0 unspecified atom stereocenters. The summed E-state index contributed by atoms with van der Waals surface area (Å²) in [5.41, 5.74) is 8.07. The molecule has 3 aromatic rings. The molecule has 3 N–H and O–H groups in total. The smallest absolute Gasteiger partial charge is 0.335 e. The number of anilines is 1. The van der Waals surface area contributed by atoms with Crippen molar-refractivity contribution in [2.45, 2.75) is 6.92 Å². The second-order valence-corrected chi connectivity index (χ2v) is 4.03. The minimum atomic E-state index is -0.973. The molecule has 18 heavy (non-hydrogen) atoms. The van der Waals surface area contributed by atoms with Gasteiger partial charge in [-0.1, -0.05) is 0 Å². The van der Waals surface area contributed by atoms with E-state index in [4.69, 9.17) is 10.8 Å². The third-order valence-corrected chi connectivity index (χ3v) is 2.90. The lowest BCUT2D eigenvalue weighted by atomic mass is 10.2. The highest BCUT2D eigenvalue weighted by molar-refractivity contribution is 5.93. The SMILES string of the molecule is Cc1ncc2c(N)nc3ccc(C(=O)O)cc3n12. The molecule has 0 fully saturated rings. The zero-order valence-corrected chi connectivity index (χ0v) is 9.58. The minimum absolute atomic E-state index is 0.212. The normalized spacial score (nSPS) is 11.2. The molecule has 0 aliphatic rings. The first kappa shape index (κ1) is 10.5. The fourth-order valence-electron chi connectivity index (χ4n) is 2.05. The van der Waals surface area contributed by atoms with E-state index in [2.05, 4.69) is 9.97 Å². The van der Waals surface area contributed by atoms with Crippen LogP contribution in [-0.2, 0) is 0 Å². The van der Waals surface area contributed by atoms with Crippen LogP contribution >= 0.6 is 0 Å². The summed E-state index contributed by atoms with van der Waals surface area (Å²) in [7, 11) is 0. The van der Waals surface area contributed by atoms with Crippen molar-refractivity contribution in [2.75, 3.05) is 5.73 Å². The van der Waals surface area contributed by atoms with Crippen molar-refractivity contribution in [1.29, 1.82) is 0 Å². The number of hydrogen-bond acceptors (Lipinski definition) is 4. The fourth-order valence-corrected chi connectivity index (χ4v) is 2.05. The van der Waals surface area contributed by atoms with Crippen LogP contribution in [0.4, 0.5) is 5.82 Å². The number of hydrogen-bond donors (Lipinski definition) is 2. The first-order valence-electron chi connectivity index (χ1n) is 5.34. The Morgan fingerprint density at radius 2 is 2.17 bits per heavy atom. The van der Waals surface area contributed by atoms with E-state index in [1.165, 1.54) is 6.07 Å². The first-order chi connectivity index (χ1) is 8.58. The van der Waals surface area contributed by atoms with Crippen LogP contribution in [-0.4, -0.2) is 25.4 Å². The van der Waals surface area contributed by atoms with Gasteiger partial charge < -0.3 is 10.8 Å². The van der Waals surface area contributed by atoms with Gasteiger partial charge in [0.1, 0.15) is 17.2 Å². The summed E-state index contributed by atoms with van der Waals surface area (Å²) in [6, 6.07) is 4.73. The molecule has 0 amide bonds. The average molecular weight is 242 g/mol. The largest absolute Gasteiger partial charge is 0.478 e. The summed E-state index contributed by atoms with van der Waals surface area (Å²) in [5.74, 6) is 0.150. The predicted octanol–water partition coefficient (Wildman–Crippen LogP) is 1.47. The van der Waals surface area contributed by atoms with Crippen LogP contribution in [0.1, 0.15) is 16.2 Å². The Bertz CT molecular complexity index is 791. The molecule has 0 saturated heterocycles. The Kier molecular flexibility index (Phi) is 2.00. The molecule has 0 saturated carbocycles. The van der Waals surface area contributed by atoms with E-state index >= 15 is 0 Å².